The zero-order chi connectivity index (χ0) is 22.2. The molecule has 6 nitrogen and oxygen atoms in total. The highest BCUT2D eigenvalue weighted by Crippen LogP contribution is 2.30. The smallest absolute Gasteiger partial charge is 0.262 e. The molecule has 164 valence electrons. The molecule has 1 aliphatic heterocycles. The summed E-state index contributed by atoms with van der Waals surface area (Å²) >= 11 is 1.49. The number of rotatable bonds is 6. The highest BCUT2D eigenvalue weighted by Gasteiger charge is 2.22. The van der Waals surface area contributed by atoms with Crippen molar-refractivity contribution in [2.24, 2.45) is 0 Å². The van der Waals surface area contributed by atoms with Crippen LogP contribution in [0.5, 0.6) is 0 Å². The minimum absolute atomic E-state index is 0.0253. The van der Waals surface area contributed by atoms with Crippen LogP contribution in [0.4, 0.5) is 0 Å². The van der Waals surface area contributed by atoms with E-state index < -0.39 is 0 Å². The van der Waals surface area contributed by atoms with Crippen molar-refractivity contribution in [3.63, 3.8) is 0 Å². The molecule has 32 heavy (non-hydrogen) atoms. The summed E-state index contributed by atoms with van der Waals surface area (Å²) in [5.74, 6) is -0.0848. The number of carbonyl (C=O) groups is 1. The third-order valence-corrected chi connectivity index (χ3v) is 7.27. The van der Waals surface area contributed by atoms with E-state index in [9.17, 15) is 9.59 Å². The van der Waals surface area contributed by atoms with Gasteiger partial charge in [0.1, 0.15) is 4.83 Å². The summed E-state index contributed by atoms with van der Waals surface area (Å²) in [7, 11) is 0. The lowest BCUT2D eigenvalue weighted by molar-refractivity contribution is 0.0948. The van der Waals surface area contributed by atoms with E-state index in [0.717, 1.165) is 47.8 Å². The van der Waals surface area contributed by atoms with Crippen LogP contribution in [-0.4, -0.2) is 32.6 Å². The summed E-state index contributed by atoms with van der Waals surface area (Å²) < 4.78 is 9.33. The van der Waals surface area contributed by atoms with Gasteiger partial charge in [-0.1, -0.05) is 30.3 Å². The molecule has 4 heterocycles. The Labute approximate surface area is 190 Å². The van der Waals surface area contributed by atoms with Gasteiger partial charge in [-0.25, -0.2) is 4.98 Å². The fraction of sp³-hybridized carbons (Fsp3) is 0.320. The van der Waals surface area contributed by atoms with E-state index in [4.69, 9.17) is 4.74 Å². The fourth-order valence-electron chi connectivity index (χ4n) is 4.41. The number of ketones is 1. The number of nitrogens with zero attached hydrogens (tertiary/aromatic N) is 3. The van der Waals surface area contributed by atoms with Crippen LogP contribution in [0.15, 0.2) is 53.6 Å². The molecule has 5 rings (SSSR count). The molecule has 4 aromatic rings. The van der Waals surface area contributed by atoms with Crippen LogP contribution in [0.3, 0.4) is 0 Å². The third-order valence-electron chi connectivity index (χ3n) is 6.17. The van der Waals surface area contributed by atoms with Gasteiger partial charge in [0.05, 0.1) is 24.4 Å². The number of aromatic nitrogens is 3. The van der Waals surface area contributed by atoms with Crippen molar-refractivity contribution < 1.29 is 9.53 Å². The van der Waals surface area contributed by atoms with Gasteiger partial charge in [-0.15, -0.1) is 11.3 Å². The first-order chi connectivity index (χ1) is 15.5. The quantitative estimate of drug-likeness (QED) is 0.405. The molecule has 0 amide bonds. The molecule has 1 saturated heterocycles. The van der Waals surface area contributed by atoms with E-state index in [0.29, 0.717) is 15.8 Å². The summed E-state index contributed by atoms with van der Waals surface area (Å²) in [6, 6.07) is 13.7. The van der Waals surface area contributed by atoms with Crippen LogP contribution >= 0.6 is 11.3 Å². The van der Waals surface area contributed by atoms with E-state index in [1.807, 2.05) is 56.3 Å². The molecule has 3 aromatic heterocycles. The van der Waals surface area contributed by atoms with Gasteiger partial charge in [0.25, 0.3) is 5.56 Å². The predicted octanol–water partition coefficient (Wildman–Crippen LogP) is 4.61. The van der Waals surface area contributed by atoms with Crippen molar-refractivity contribution in [1.82, 2.24) is 14.1 Å². The van der Waals surface area contributed by atoms with Crippen LogP contribution in [0.1, 0.15) is 34.6 Å². The minimum atomic E-state index is -0.185. The van der Waals surface area contributed by atoms with Gasteiger partial charge in [0.2, 0.25) is 0 Å². The van der Waals surface area contributed by atoms with Crippen molar-refractivity contribution >= 4 is 27.3 Å². The van der Waals surface area contributed by atoms with Crippen LogP contribution in [0.2, 0.25) is 0 Å². The van der Waals surface area contributed by atoms with Gasteiger partial charge in [-0.2, -0.15) is 0 Å². The first kappa shape index (κ1) is 20.8. The Morgan fingerprint density at radius 2 is 2.03 bits per heavy atom. The van der Waals surface area contributed by atoms with Gasteiger partial charge in [-0.05, 0) is 44.4 Å². The Kier molecular flexibility index (Phi) is 5.53. The SMILES string of the molecule is Cc1cc(C(=O)Cn2cnc3sc(-c4ccccc4)cc3c2=O)c(C)n1C[C@@H]1CCCO1. The summed E-state index contributed by atoms with van der Waals surface area (Å²) in [6.45, 7) is 5.51. The lowest BCUT2D eigenvalue weighted by atomic mass is 10.1. The molecule has 1 aliphatic rings. The number of ether oxygens (including phenoxy) is 1. The van der Waals surface area contributed by atoms with E-state index in [1.165, 1.54) is 22.2 Å². The molecule has 0 radical (unpaired) electrons. The van der Waals surface area contributed by atoms with Crippen LogP contribution in [0, 0.1) is 13.8 Å². The van der Waals surface area contributed by atoms with Crippen LogP contribution < -0.4 is 5.56 Å². The molecular formula is C25H25N3O3S. The number of hydrogen-bond donors (Lipinski definition) is 0. The Morgan fingerprint density at radius 1 is 1.22 bits per heavy atom. The lowest BCUT2D eigenvalue weighted by Gasteiger charge is -2.14. The second kappa shape index (κ2) is 8.48. The van der Waals surface area contributed by atoms with Crippen molar-refractivity contribution in [3.8, 4) is 10.4 Å². The van der Waals surface area contributed by atoms with Crippen molar-refractivity contribution in [2.45, 2.75) is 45.9 Å². The molecule has 7 heteroatoms. The molecule has 0 bridgehead atoms. The highest BCUT2D eigenvalue weighted by molar-refractivity contribution is 7.21. The number of aryl methyl sites for hydroxylation is 1. The molecule has 0 saturated carbocycles. The zero-order valence-electron chi connectivity index (χ0n) is 18.2. The number of carbonyl (C=O) groups excluding carboxylic acids is 1. The maximum absolute atomic E-state index is 13.1. The molecule has 0 aliphatic carbocycles. The van der Waals surface area contributed by atoms with Gasteiger partial charge >= 0.3 is 0 Å². The van der Waals surface area contributed by atoms with E-state index >= 15 is 0 Å². The number of hydrogen-bond acceptors (Lipinski definition) is 5. The Bertz CT molecular complexity index is 1340. The predicted molar refractivity (Wildman–Crippen MR) is 127 cm³/mol. The van der Waals surface area contributed by atoms with Gasteiger partial charge in [0, 0.05) is 35.0 Å². The molecule has 1 aromatic carbocycles. The van der Waals surface area contributed by atoms with Gasteiger partial charge < -0.3 is 9.30 Å². The number of fused-ring (bicyclic) bond motifs is 1. The monoisotopic (exact) mass is 447 g/mol. The number of benzene rings is 1. The molecule has 1 atom stereocenters. The van der Waals surface area contributed by atoms with Gasteiger partial charge in [-0.3, -0.25) is 14.2 Å². The highest BCUT2D eigenvalue weighted by atomic mass is 32.1. The first-order valence-electron chi connectivity index (χ1n) is 10.9. The van der Waals surface area contributed by atoms with Crippen molar-refractivity contribution in [3.05, 3.63) is 76.1 Å². The van der Waals surface area contributed by atoms with E-state index in [1.54, 1.807) is 0 Å². The maximum Gasteiger partial charge on any atom is 0.262 e. The number of thiophene rings is 1. The zero-order valence-corrected chi connectivity index (χ0v) is 19.0. The summed E-state index contributed by atoms with van der Waals surface area (Å²) in [4.78, 5) is 32.3. The average molecular weight is 448 g/mol. The van der Waals surface area contributed by atoms with Crippen LogP contribution in [0.25, 0.3) is 20.7 Å². The van der Waals surface area contributed by atoms with E-state index in [-0.39, 0.29) is 24.0 Å². The normalized spacial score (nSPS) is 16.1. The topological polar surface area (TPSA) is 66.1 Å². The van der Waals surface area contributed by atoms with Crippen molar-refractivity contribution in [2.75, 3.05) is 6.61 Å². The first-order valence-corrected chi connectivity index (χ1v) is 11.7. The van der Waals surface area contributed by atoms with Crippen molar-refractivity contribution in [1.29, 1.82) is 0 Å². The molecule has 0 unspecified atom stereocenters. The molecule has 1 fully saturated rings. The lowest BCUT2D eigenvalue weighted by Crippen LogP contribution is -2.24. The second-order valence-electron chi connectivity index (χ2n) is 8.33. The molecular weight excluding hydrogens is 422 g/mol. The molecule has 0 spiro atoms. The fourth-order valence-corrected chi connectivity index (χ4v) is 5.41. The standard InChI is InChI=1S/C25H25N3O3S/c1-16-11-20(17(2)28(16)13-19-9-6-10-31-19)22(29)14-27-15-26-24-21(25(27)30)12-23(32-24)18-7-4-3-5-8-18/h3-5,7-8,11-12,15,19H,6,9-10,13-14H2,1-2H3/t19-/m0/s1. The third kappa shape index (κ3) is 3.82. The second-order valence-corrected chi connectivity index (χ2v) is 9.36. The summed E-state index contributed by atoms with van der Waals surface area (Å²) in [6.07, 6.45) is 3.82. The average Bonchev–Trinajstić information content (AvgIpc) is 3.53. The number of Topliss-reactive ketones (excluding diaryl/α,β-unsaturated/α-hetero) is 1. The van der Waals surface area contributed by atoms with Gasteiger partial charge in [0.15, 0.2) is 5.78 Å². The maximum atomic E-state index is 13.1. The minimum Gasteiger partial charge on any atom is -0.376 e. The largest absolute Gasteiger partial charge is 0.376 e. The van der Waals surface area contributed by atoms with Crippen LogP contribution in [-0.2, 0) is 17.8 Å². The Morgan fingerprint density at radius 3 is 2.78 bits per heavy atom. The van der Waals surface area contributed by atoms with E-state index in [2.05, 4.69) is 9.55 Å². The Balaban J connectivity index is 1.41. The summed E-state index contributed by atoms with van der Waals surface area (Å²) in [5.41, 5.74) is 3.48. The summed E-state index contributed by atoms with van der Waals surface area (Å²) in [5, 5.41) is 0.549. The Hall–Kier alpha value is -3.03. The molecule has 0 N–H and O–H groups in total.